The lowest BCUT2D eigenvalue weighted by Crippen LogP contribution is -2.06. The largest absolute Gasteiger partial charge is 0.491 e. The van der Waals surface area contributed by atoms with Crippen LogP contribution in [-0.4, -0.2) is 97.7 Å². The Morgan fingerprint density at radius 2 is 0.508 bits per heavy atom. The molecule has 0 aliphatic rings. The van der Waals surface area contributed by atoms with Gasteiger partial charge in [0.05, 0.1) is 48.2 Å². The fourth-order valence-electron chi connectivity index (χ4n) is 5.58. The van der Waals surface area contributed by atoms with Gasteiger partial charge in [-0.2, -0.15) is 0 Å². The number of hydrogen-bond donors (Lipinski definition) is 6. The molecule has 13 heteroatoms. The first-order valence-electron chi connectivity index (χ1n) is 18.7. The Balaban J connectivity index is 0.00000186. The average Bonchev–Trinajstić information content (AvgIpc) is 3.30. The third-order valence-corrected chi connectivity index (χ3v) is 13.5. The number of rotatable bonds is 20. The van der Waals surface area contributed by atoms with E-state index in [-0.39, 0.29) is 52.9 Å². The van der Waals surface area contributed by atoms with Gasteiger partial charge in [-0.05, 0) is 146 Å². The van der Waals surface area contributed by atoms with Crippen molar-refractivity contribution in [2.45, 2.75) is 39.2 Å². The SMILES string of the molecule is CO.CO.OCCOc1ccc([S+](c2ccc(OCCO)cc2)c2ccc(Sc3ccc([S+](c4ccc(OCCO)cc4)c4ccc(OCCO)cc4)cc3)cc2)cc1. The Hall–Kier alpha value is -4.67. The van der Waals surface area contributed by atoms with E-state index in [1.54, 1.807) is 11.8 Å². The highest BCUT2D eigenvalue weighted by Crippen LogP contribution is 2.38. The van der Waals surface area contributed by atoms with Crippen molar-refractivity contribution in [1.82, 2.24) is 0 Å². The molecule has 0 aliphatic heterocycles. The van der Waals surface area contributed by atoms with Crippen molar-refractivity contribution in [2.24, 2.45) is 0 Å². The van der Waals surface area contributed by atoms with Crippen LogP contribution in [0.2, 0.25) is 0 Å². The summed E-state index contributed by atoms with van der Waals surface area (Å²) in [6.45, 7) is 0.825. The van der Waals surface area contributed by atoms with Crippen molar-refractivity contribution in [3.8, 4) is 23.0 Å². The van der Waals surface area contributed by atoms with Crippen molar-refractivity contribution in [2.75, 3.05) is 67.1 Å². The summed E-state index contributed by atoms with van der Waals surface area (Å²) < 4.78 is 22.5. The Kier molecular flexibility index (Phi) is 21.1. The maximum atomic E-state index is 9.17. The van der Waals surface area contributed by atoms with E-state index < -0.39 is 21.8 Å². The molecule has 0 bridgehead atoms. The second-order valence-electron chi connectivity index (χ2n) is 11.8. The third-order valence-electron chi connectivity index (χ3n) is 8.03. The summed E-state index contributed by atoms with van der Waals surface area (Å²) in [4.78, 5) is 9.10. The first-order chi connectivity index (χ1) is 29.1. The van der Waals surface area contributed by atoms with Gasteiger partial charge in [-0.25, -0.2) is 0 Å². The minimum Gasteiger partial charge on any atom is -0.491 e. The summed E-state index contributed by atoms with van der Waals surface area (Å²) in [5, 5.41) is 50.7. The van der Waals surface area contributed by atoms with Gasteiger partial charge >= 0.3 is 0 Å². The maximum absolute atomic E-state index is 9.17. The van der Waals surface area contributed by atoms with Crippen molar-refractivity contribution in [3.05, 3.63) is 146 Å². The number of benzene rings is 6. The summed E-state index contributed by atoms with van der Waals surface area (Å²) in [6.07, 6.45) is 0. The van der Waals surface area contributed by atoms with E-state index >= 15 is 0 Å². The molecule has 0 aliphatic carbocycles. The predicted molar refractivity (Wildman–Crippen MR) is 234 cm³/mol. The van der Waals surface area contributed by atoms with E-state index in [9.17, 15) is 0 Å². The lowest BCUT2D eigenvalue weighted by Gasteiger charge is -2.12. The third kappa shape index (κ3) is 14.2. The molecule has 0 radical (unpaired) electrons. The predicted octanol–water partition coefficient (Wildman–Crippen LogP) is 6.73. The molecule has 312 valence electrons. The summed E-state index contributed by atoms with van der Waals surface area (Å²) >= 11 is 1.71. The molecule has 6 aromatic carbocycles. The fraction of sp³-hybridized carbons (Fsp3) is 0.217. The van der Waals surface area contributed by atoms with Crippen LogP contribution in [0.5, 0.6) is 23.0 Å². The first kappa shape index (κ1) is 47.0. The van der Waals surface area contributed by atoms with Crippen LogP contribution in [0.1, 0.15) is 0 Å². The quantitative estimate of drug-likeness (QED) is 0.0453. The van der Waals surface area contributed by atoms with Gasteiger partial charge in [-0.1, -0.05) is 11.8 Å². The van der Waals surface area contributed by atoms with Crippen LogP contribution in [0.3, 0.4) is 0 Å². The van der Waals surface area contributed by atoms with E-state index in [0.29, 0.717) is 23.0 Å². The molecule has 10 nitrogen and oxygen atoms in total. The summed E-state index contributed by atoms with van der Waals surface area (Å²) in [7, 11) is 1.19. The molecule has 0 heterocycles. The molecule has 6 N–H and O–H groups in total. The smallest absolute Gasteiger partial charge is 0.166 e. The Morgan fingerprint density at radius 1 is 0.322 bits per heavy atom. The minimum absolute atomic E-state index is 0.0398. The standard InChI is InChI=1S/C44H44O8S3.2CH4O/c45-25-29-49-33-1-13-39(14-2-33)54(40-15-3-34(4-16-40)50-30-26-46)43-21-9-37(10-22-43)53-38-11-23-44(24-12-38)55(41-17-5-35(6-18-41)51-31-27-47)42-19-7-36(8-20-42)52-32-28-48;2*1-2/h1-24,45-48H,25-32H2;2*2H,1H3/q+2;;. The van der Waals surface area contributed by atoms with Gasteiger partial charge in [-0.15, -0.1) is 0 Å². The molecular weight excluding hydrogens is 809 g/mol. The van der Waals surface area contributed by atoms with Crippen LogP contribution in [0.4, 0.5) is 0 Å². The average molecular weight is 861 g/mol. The molecule has 6 rings (SSSR count). The Morgan fingerprint density at radius 3 is 0.695 bits per heavy atom. The highest BCUT2D eigenvalue weighted by atomic mass is 32.2. The number of ether oxygens (including phenoxy) is 4. The Labute approximate surface area is 356 Å². The van der Waals surface area contributed by atoms with Gasteiger partial charge in [0.25, 0.3) is 0 Å². The highest BCUT2D eigenvalue weighted by Gasteiger charge is 2.30. The second kappa shape index (κ2) is 26.4. The molecule has 59 heavy (non-hydrogen) atoms. The summed E-state index contributed by atoms with van der Waals surface area (Å²) in [5.41, 5.74) is 0. The second-order valence-corrected chi connectivity index (χ2v) is 17.0. The van der Waals surface area contributed by atoms with E-state index in [4.69, 9.17) is 49.6 Å². The van der Waals surface area contributed by atoms with Gasteiger partial charge in [0.15, 0.2) is 29.4 Å². The van der Waals surface area contributed by atoms with Crippen LogP contribution >= 0.6 is 11.8 Å². The fourth-order valence-corrected chi connectivity index (χ4v) is 10.5. The lowest BCUT2D eigenvalue weighted by molar-refractivity contribution is 0.201. The molecule has 0 amide bonds. The molecule has 0 atom stereocenters. The van der Waals surface area contributed by atoms with Gasteiger partial charge in [-0.3, -0.25) is 0 Å². The summed E-state index contributed by atoms with van der Waals surface area (Å²) in [5.74, 6) is 2.84. The Bertz CT molecular complexity index is 1760. The van der Waals surface area contributed by atoms with E-state index in [0.717, 1.165) is 53.4 Å². The van der Waals surface area contributed by atoms with Crippen LogP contribution in [0, 0.1) is 0 Å². The minimum atomic E-state index is -0.405. The highest BCUT2D eigenvalue weighted by molar-refractivity contribution is 7.99. The normalized spacial score (nSPS) is 10.6. The zero-order valence-corrected chi connectivity index (χ0v) is 35.5. The van der Waals surface area contributed by atoms with Gasteiger partial charge in [0.2, 0.25) is 0 Å². The zero-order valence-electron chi connectivity index (χ0n) is 33.1. The van der Waals surface area contributed by atoms with Crippen LogP contribution in [0.25, 0.3) is 0 Å². The molecule has 0 unspecified atom stereocenters. The van der Waals surface area contributed by atoms with Gasteiger partial charge < -0.3 is 49.6 Å². The molecule has 0 saturated carbocycles. The molecule has 0 fully saturated rings. The van der Waals surface area contributed by atoms with E-state index in [2.05, 4.69) is 97.1 Å². The zero-order chi connectivity index (χ0) is 42.2. The van der Waals surface area contributed by atoms with Crippen molar-refractivity contribution < 1.29 is 49.6 Å². The van der Waals surface area contributed by atoms with Gasteiger partial charge in [0.1, 0.15) is 49.4 Å². The van der Waals surface area contributed by atoms with Crippen LogP contribution in [-0.2, 0) is 21.8 Å². The molecular formula is C46H52O10S3+2. The van der Waals surface area contributed by atoms with Crippen LogP contribution < -0.4 is 18.9 Å². The monoisotopic (exact) mass is 860 g/mol. The van der Waals surface area contributed by atoms with Crippen molar-refractivity contribution in [1.29, 1.82) is 0 Å². The van der Waals surface area contributed by atoms with Crippen LogP contribution in [0.15, 0.2) is 185 Å². The topological polar surface area (TPSA) is 158 Å². The number of aliphatic hydroxyl groups excluding tert-OH is 6. The first-order valence-corrected chi connectivity index (χ1v) is 22.0. The number of hydrogen-bond acceptors (Lipinski definition) is 11. The van der Waals surface area contributed by atoms with Crippen molar-refractivity contribution in [3.63, 3.8) is 0 Å². The molecule has 0 saturated heterocycles. The molecule has 0 spiro atoms. The van der Waals surface area contributed by atoms with E-state index in [1.807, 2.05) is 48.5 Å². The number of aliphatic hydroxyl groups is 6. The molecule has 0 aromatic heterocycles. The van der Waals surface area contributed by atoms with E-state index in [1.165, 1.54) is 0 Å². The summed E-state index contributed by atoms with van der Waals surface area (Å²) in [6, 6.07) is 49.5. The van der Waals surface area contributed by atoms with Crippen molar-refractivity contribution >= 4 is 33.6 Å². The maximum Gasteiger partial charge on any atom is 0.166 e. The lowest BCUT2D eigenvalue weighted by atomic mass is 10.3. The van der Waals surface area contributed by atoms with Gasteiger partial charge in [0, 0.05) is 24.0 Å². The molecule has 6 aromatic rings.